The highest BCUT2D eigenvalue weighted by Crippen LogP contribution is 2.30. The van der Waals surface area contributed by atoms with E-state index >= 15 is 0 Å². The highest BCUT2D eigenvalue weighted by Gasteiger charge is 2.28. The maximum Gasteiger partial charge on any atom is 0.296 e. The summed E-state index contributed by atoms with van der Waals surface area (Å²) in [6.07, 6.45) is 0. The lowest BCUT2D eigenvalue weighted by molar-refractivity contribution is 0.478. The van der Waals surface area contributed by atoms with E-state index in [9.17, 15) is 25.3 Å². The Kier molecular flexibility index (Phi) is 4.00. The van der Waals surface area contributed by atoms with E-state index in [4.69, 9.17) is 14.8 Å². The minimum absolute atomic E-state index is 0.246. The quantitative estimate of drug-likeness (QED) is 0.489. The van der Waals surface area contributed by atoms with Gasteiger partial charge in [0.2, 0.25) is 9.84 Å². The molecule has 0 heterocycles. The third-order valence-electron chi connectivity index (χ3n) is 2.16. The first kappa shape index (κ1) is 16.6. The monoisotopic (exact) mass is 343 g/mol. The summed E-state index contributed by atoms with van der Waals surface area (Å²) in [6.45, 7) is 2.96. The molecular weight excluding hydrogens is 334 g/mol. The van der Waals surface area contributed by atoms with Crippen molar-refractivity contribution in [1.29, 1.82) is 0 Å². The van der Waals surface area contributed by atoms with Crippen molar-refractivity contribution in [3.05, 3.63) is 24.1 Å². The molecule has 0 saturated heterocycles. The first-order valence-corrected chi connectivity index (χ1v) is 8.99. The third kappa shape index (κ3) is 3.16. The number of anilines is 1. The van der Waals surface area contributed by atoms with Crippen LogP contribution in [0.5, 0.6) is 0 Å². The first-order valence-electron chi connectivity index (χ1n) is 4.56. The molecule has 1 aromatic rings. The van der Waals surface area contributed by atoms with Gasteiger partial charge in [-0.05, 0) is 12.1 Å². The van der Waals surface area contributed by atoms with Crippen LogP contribution in [0, 0.1) is 0 Å². The molecule has 0 bridgehead atoms. The van der Waals surface area contributed by atoms with Gasteiger partial charge in [-0.3, -0.25) is 9.11 Å². The zero-order chi connectivity index (χ0) is 15.9. The molecule has 1 rings (SSSR count). The Labute approximate surface area is 115 Å². The minimum Gasteiger partial charge on any atom is -0.398 e. The van der Waals surface area contributed by atoms with Crippen molar-refractivity contribution in [2.24, 2.45) is 0 Å². The fourth-order valence-electron chi connectivity index (χ4n) is 1.29. The van der Waals surface area contributed by atoms with Crippen LogP contribution in [0.3, 0.4) is 0 Å². The Morgan fingerprint density at radius 2 is 1.35 bits per heavy atom. The van der Waals surface area contributed by atoms with Gasteiger partial charge in [0, 0.05) is 5.41 Å². The van der Waals surface area contributed by atoms with E-state index in [2.05, 4.69) is 6.58 Å². The average Bonchev–Trinajstić information content (AvgIpc) is 2.25. The Hall–Kier alpha value is -1.47. The molecule has 112 valence electrons. The molecule has 12 heteroatoms. The molecule has 0 aliphatic carbocycles. The Balaban J connectivity index is 4.02. The van der Waals surface area contributed by atoms with Crippen LogP contribution in [-0.4, -0.2) is 34.4 Å². The maximum atomic E-state index is 11.6. The molecule has 20 heavy (non-hydrogen) atoms. The van der Waals surface area contributed by atoms with E-state index in [1.165, 1.54) is 0 Å². The van der Waals surface area contributed by atoms with Gasteiger partial charge in [-0.2, -0.15) is 16.8 Å². The SMILES string of the molecule is C=CS(=O)(=O)c1cc(N)c(S(=O)(=O)O)cc1S(=O)(=O)O. The molecule has 0 spiro atoms. The van der Waals surface area contributed by atoms with Gasteiger partial charge in [0.1, 0.15) is 9.79 Å². The maximum absolute atomic E-state index is 11.6. The number of sulfone groups is 1. The molecule has 0 fully saturated rings. The van der Waals surface area contributed by atoms with Crippen LogP contribution in [0.1, 0.15) is 0 Å². The summed E-state index contributed by atoms with van der Waals surface area (Å²) in [5.74, 6) is 0. The summed E-state index contributed by atoms with van der Waals surface area (Å²) in [7, 11) is -14.3. The summed E-state index contributed by atoms with van der Waals surface area (Å²) >= 11 is 0. The molecule has 0 amide bonds. The van der Waals surface area contributed by atoms with E-state index in [1.807, 2.05) is 0 Å². The van der Waals surface area contributed by atoms with Gasteiger partial charge in [-0.25, -0.2) is 8.42 Å². The second-order valence-corrected chi connectivity index (χ2v) is 8.14. The van der Waals surface area contributed by atoms with Crippen molar-refractivity contribution in [3.8, 4) is 0 Å². The number of nitrogen functional groups attached to an aromatic ring is 1. The standard InChI is InChI=1S/C8H9NO8S3/c1-2-18(10,11)7-3-5(9)6(19(12,13)14)4-8(7)20(15,16)17/h2-4H,1,9H2,(H,12,13,14)(H,15,16,17). The van der Waals surface area contributed by atoms with Crippen molar-refractivity contribution in [1.82, 2.24) is 0 Å². The van der Waals surface area contributed by atoms with Crippen LogP contribution in [0.4, 0.5) is 5.69 Å². The van der Waals surface area contributed by atoms with Gasteiger partial charge >= 0.3 is 0 Å². The average molecular weight is 343 g/mol. The zero-order valence-electron chi connectivity index (χ0n) is 9.59. The van der Waals surface area contributed by atoms with Gasteiger partial charge in [0.15, 0.2) is 0 Å². The molecule has 9 nitrogen and oxygen atoms in total. The Morgan fingerprint density at radius 1 is 0.900 bits per heavy atom. The van der Waals surface area contributed by atoms with Gasteiger partial charge < -0.3 is 5.73 Å². The van der Waals surface area contributed by atoms with Crippen LogP contribution in [-0.2, 0) is 30.1 Å². The largest absolute Gasteiger partial charge is 0.398 e. The predicted octanol–water partition coefficient (Wildman–Crippen LogP) is -0.321. The minimum atomic E-state index is -5.08. The van der Waals surface area contributed by atoms with Gasteiger partial charge in [-0.15, -0.1) is 0 Å². The molecule has 0 saturated carbocycles. The second-order valence-electron chi connectivity index (χ2n) is 3.50. The van der Waals surface area contributed by atoms with E-state index in [1.54, 1.807) is 0 Å². The van der Waals surface area contributed by atoms with Crippen molar-refractivity contribution in [2.45, 2.75) is 14.7 Å². The molecule has 0 aliphatic heterocycles. The summed E-state index contributed by atoms with van der Waals surface area (Å²) in [5, 5.41) is 0.392. The lowest BCUT2D eigenvalue weighted by Gasteiger charge is -2.10. The van der Waals surface area contributed by atoms with Crippen LogP contribution < -0.4 is 5.73 Å². The number of hydrogen-bond donors (Lipinski definition) is 3. The number of hydrogen-bond acceptors (Lipinski definition) is 7. The highest BCUT2D eigenvalue weighted by atomic mass is 32.2. The van der Waals surface area contributed by atoms with Crippen molar-refractivity contribution < 1.29 is 34.4 Å². The van der Waals surface area contributed by atoms with E-state index in [0.29, 0.717) is 11.5 Å². The molecule has 0 atom stereocenters. The summed E-state index contributed by atoms with van der Waals surface area (Å²) in [4.78, 5) is -3.24. The Morgan fingerprint density at radius 3 is 1.70 bits per heavy atom. The van der Waals surface area contributed by atoms with E-state index in [-0.39, 0.29) is 6.07 Å². The summed E-state index contributed by atoms with van der Waals surface area (Å²) in [6, 6.07) is 0.736. The Bertz CT molecular complexity index is 880. The lowest BCUT2D eigenvalue weighted by Crippen LogP contribution is -2.12. The number of benzene rings is 1. The molecule has 1 aromatic carbocycles. The van der Waals surface area contributed by atoms with Crippen molar-refractivity contribution in [2.75, 3.05) is 5.73 Å². The molecule has 0 aliphatic rings. The molecule has 0 aromatic heterocycles. The number of rotatable bonds is 4. The van der Waals surface area contributed by atoms with Crippen molar-refractivity contribution >= 4 is 35.8 Å². The first-order chi connectivity index (χ1) is 8.80. The zero-order valence-corrected chi connectivity index (χ0v) is 12.0. The topological polar surface area (TPSA) is 169 Å². The molecule has 0 unspecified atom stereocenters. The highest BCUT2D eigenvalue weighted by molar-refractivity contribution is 7.95. The number of nitrogens with two attached hydrogens (primary N) is 1. The van der Waals surface area contributed by atoms with Gasteiger partial charge in [0.05, 0.1) is 10.6 Å². The van der Waals surface area contributed by atoms with E-state index in [0.717, 1.165) is 0 Å². The smallest absolute Gasteiger partial charge is 0.296 e. The lowest BCUT2D eigenvalue weighted by atomic mass is 10.3. The molecular formula is C8H9NO8S3. The second kappa shape index (κ2) is 4.82. The van der Waals surface area contributed by atoms with Crippen LogP contribution in [0.15, 0.2) is 38.8 Å². The van der Waals surface area contributed by atoms with Crippen LogP contribution in [0.2, 0.25) is 0 Å². The fraction of sp³-hybridized carbons (Fsp3) is 0. The third-order valence-corrected chi connectivity index (χ3v) is 5.48. The van der Waals surface area contributed by atoms with Crippen molar-refractivity contribution in [3.63, 3.8) is 0 Å². The van der Waals surface area contributed by atoms with E-state index < -0.39 is 50.4 Å². The van der Waals surface area contributed by atoms with Crippen LogP contribution in [0.25, 0.3) is 0 Å². The molecule has 4 N–H and O–H groups in total. The van der Waals surface area contributed by atoms with Gasteiger partial charge in [-0.1, -0.05) is 6.58 Å². The van der Waals surface area contributed by atoms with Gasteiger partial charge in [0.25, 0.3) is 20.2 Å². The summed E-state index contributed by atoms with van der Waals surface area (Å²) in [5.41, 5.74) is 4.55. The normalized spacial score (nSPS) is 13.1. The fourth-order valence-corrected chi connectivity index (χ4v) is 4.05. The van der Waals surface area contributed by atoms with Crippen LogP contribution >= 0.6 is 0 Å². The molecule has 0 radical (unpaired) electrons. The summed E-state index contributed by atoms with van der Waals surface area (Å²) < 4.78 is 85.3. The predicted molar refractivity (Wildman–Crippen MR) is 67.9 cm³/mol.